The fourth-order valence-electron chi connectivity index (χ4n) is 2.70. The van der Waals surface area contributed by atoms with Crippen molar-refractivity contribution in [3.63, 3.8) is 0 Å². The first kappa shape index (κ1) is 24.0. The molecule has 0 bridgehead atoms. The molecule has 0 radical (unpaired) electrons. The van der Waals surface area contributed by atoms with E-state index in [2.05, 4.69) is 5.32 Å². The van der Waals surface area contributed by atoms with Crippen molar-refractivity contribution in [1.82, 2.24) is 5.32 Å². The summed E-state index contributed by atoms with van der Waals surface area (Å²) in [6.07, 6.45) is -7.61. The fraction of sp³-hybridized carbons (Fsp3) is 0.238. The second-order valence-electron chi connectivity index (χ2n) is 6.66. The van der Waals surface area contributed by atoms with Crippen LogP contribution < -0.4 is 11.1 Å². The van der Waals surface area contributed by atoms with E-state index in [1.54, 1.807) is 36.4 Å². The number of benzene rings is 2. The van der Waals surface area contributed by atoms with Gasteiger partial charge in [-0.3, -0.25) is 9.59 Å². The summed E-state index contributed by atoms with van der Waals surface area (Å²) >= 11 is 0. The molecular formula is C21H18F6N2O2. The molecule has 2 aromatic rings. The van der Waals surface area contributed by atoms with Gasteiger partial charge in [0.25, 0.3) is 0 Å². The third kappa shape index (κ3) is 7.47. The van der Waals surface area contributed by atoms with Gasteiger partial charge in [-0.05, 0) is 35.7 Å². The molecular weight excluding hydrogens is 426 g/mol. The summed E-state index contributed by atoms with van der Waals surface area (Å²) in [7, 11) is 0. The van der Waals surface area contributed by atoms with Crippen molar-refractivity contribution < 1.29 is 35.9 Å². The fourth-order valence-corrected chi connectivity index (χ4v) is 2.70. The Bertz CT molecular complexity index is 920. The summed E-state index contributed by atoms with van der Waals surface area (Å²) in [6, 6.07) is 8.69. The first-order valence-electron chi connectivity index (χ1n) is 8.95. The number of nitrogens with two attached hydrogens (primary N) is 1. The number of hydrogen-bond acceptors (Lipinski definition) is 2. The Kier molecular flexibility index (Phi) is 7.48. The van der Waals surface area contributed by atoms with Crippen LogP contribution in [0, 0.1) is 0 Å². The standard InChI is InChI=1S/C21H18F6N2O2/c22-20(23,24)15-9-14(10-16(12-15)21(25,26)27)11-18(30)29-17(19(28)31)8-4-7-13-5-2-1-3-6-13/h1-7,9-10,12,17H,8,11H2,(H2,28,31)(H,29,30)/b7-4+/t17-/m0/s1. The van der Waals surface area contributed by atoms with E-state index in [9.17, 15) is 35.9 Å². The van der Waals surface area contributed by atoms with Crippen LogP contribution in [0.15, 0.2) is 54.6 Å². The number of primary amides is 1. The van der Waals surface area contributed by atoms with Crippen LogP contribution in [0.1, 0.15) is 28.7 Å². The van der Waals surface area contributed by atoms with E-state index in [0.717, 1.165) is 5.56 Å². The number of hydrogen-bond donors (Lipinski definition) is 2. The Morgan fingerprint density at radius 3 is 1.97 bits per heavy atom. The summed E-state index contributed by atoms with van der Waals surface area (Å²) < 4.78 is 77.6. The Hall–Kier alpha value is -3.30. The maximum absolute atomic E-state index is 12.9. The van der Waals surface area contributed by atoms with Crippen molar-refractivity contribution in [2.24, 2.45) is 5.73 Å². The predicted molar refractivity (Wildman–Crippen MR) is 101 cm³/mol. The molecule has 0 fully saturated rings. The molecule has 0 aliphatic rings. The van der Waals surface area contributed by atoms with Crippen molar-refractivity contribution in [2.45, 2.75) is 31.2 Å². The minimum atomic E-state index is -5.02. The van der Waals surface area contributed by atoms with Crippen LogP contribution in [0.4, 0.5) is 26.3 Å². The normalized spacial score (nSPS) is 13.2. The molecule has 166 valence electrons. The van der Waals surface area contributed by atoms with Crippen molar-refractivity contribution in [1.29, 1.82) is 0 Å². The minimum Gasteiger partial charge on any atom is -0.368 e. The summed E-state index contributed by atoms with van der Waals surface area (Å²) in [5, 5.41) is 2.24. The summed E-state index contributed by atoms with van der Waals surface area (Å²) in [5.41, 5.74) is 2.51. The third-order valence-corrected chi connectivity index (χ3v) is 4.17. The number of amides is 2. The SMILES string of the molecule is NC(=O)[C@H](C/C=C/c1ccccc1)NC(=O)Cc1cc(C(F)(F)F)cc(C(F)(F)F)c1. The van der Waals surface area contributed by atoms with Gasteiger partial charge in [0.1, 0.15) is 6.04 Å². The minimum absolute atomic E-state index is 0.00758. The van der Waals surface area contributed by atoms with Gasteiger partial charge in [0, 0.05) is 0 Å². The van der Waals surface area contributed by atoms with Gasteiger partial charge in [-0.25, -0.2) is 0 Å². The highest BCUT2D eigenvalue weighted by Gasteiger charge is 2.37. The van der Waals surface area contributed by atoms with Crippen LogP contribution >= 0.6 is 0 Å². The summed E-state index contributed by atoms with van der Waals surface area (Å²) in [5.74, 6) is -1.84. The van der Waals surface area contributed by atoms with Gasteiger partial charge < -0.3 is 11.1 Å². The molecule has 0 saturated heterocycles. The molecule has 1 atom stereocenters. The molecule has 0 aliphatic heterocycles. The Morgan fingerprint density at radius 1 is 0.935 bits per heavy atom. The topological polar surface area (TPSA) is 72.2 Å². The molecule has 0 unspecified atom stereocenters. The number of alkyl halides is 6. The zero-order chi connectivity index (χ0) is 23.2. The van der Waals surface area contributed by atoms with Gasteiger partial charge >= 0.3 is 12.4 Å². The van der Waals surface area contributed by atoms with Gasteiger partial charge in [-0.1, -0.05) is 42.5 Å². The highest BCUT2D eigenvalue weighted by Crippen LogP contribution is 2.36. The molecule has 2 aromatic carbocycles. The summed E-state index contributed by atoms with van der Waals surface area (Å²) in [6.45, 7) is 0. The van der Waals surface area contributed by atoms with Gasteiger partial charge in [-0.15, -0.1) is 0 Å². The van der Waals surface area contributed by atoms with E-state index in [1.807, 2.05) is 6.07 Å². The molecule has 0 aromatic heterocycles. The number of halogens is 6. The van der Waals surface area contributed by atoms with E-state index >= 15 is 0 Å². The van der Waals surface area contributed by atoms with Crippen LogP contribution in [-0.2, 0) is 28.4 Å². The van der Waals surface area contributed by atoms with Gasteiger partial charge in [0.2, 0.25) is 11.8 Å². The number of carbonyl (C=O) groups excluding carboxylic acids is 2. The molecule has 0 aliphatic carbocycles. The first-order valence-corrected chi connectivity index (χ1v) is 8.95. The highest BCUT2D eigenvalue weighted by atomic mass is 19.4. The van der Waals surface area contributed by atoms with Crippen molar-refractivity contribution in [3.05, 3.63) is 76.9 Å². The van der Waals surface area contributed by atoms with Crippen LogP contribution in [0.3, 0.4) is 0 Å². The lowest BCUT2D eigenvalue weighted by atomic mass is 10.0. The second-order valence-corrected chi connectivity index (χ2v) is 6.66. The van der Waals surface area contributed by atoms with Crippen LogP contribution in [-0.4, -0.2) is 17.9 Å². The maximum Gasteiger partial charge on any atom is 0.416 e. The molecule has 10 heteroatoms. The lowest BCUT2D eigenvalue weighted by Gasteiger charge is -2.16. The maximum atomic E-state index is 12.9. The van der Waals surface area contributed by atoms with E-state index < -0.39 is 53.3 Å². The van der Waals surface area contributed by atoms with E-state index in [1.165, 1.54) is 0 Å². The molecule has 2 rings (SSSR count). The number of rotatable bonds is 7. The smallest absolute Gasteiger partial charge is 0.368 e. The Labute approximate surface area is 173 Å². The monoisotopic (exact) mass is 444 g/mol. The molecule has 31 heavy (non-hydrogen) atoms. The number of nitrogens with one attached hydrogen (secondary N) is 1. The lowest BCUT2D eigenvalue weighted by molar-refractivity contribution is -0.143. The van der Waals surface area contributed by atoms with Gasteiger partial charge in [-0.2, -0.15) is 26.3 Å². The molecule has 0 spiro atoms. The highest BCUT2D eigenvalue weighted by molar-refractivity contribution is 5.87. The van der Waals surface area contributed by atoms with Crippen molar-refractivity contribution in [3.8, 4) is 0 Å². The zero-order valence-electron chi connectivity index (χ0n) is 15.9. The Balaban J connectivity index is 2.13. The molecule has 3 N–H and O–H groups in total. The lowest BCUT2D eigenvalue weighted by Crippen LogP contribution is -2.44. The zero-order valence-corrected chi connectivity index (χ0v) is 15.9. The predicted octanol–water partition coefficient (Wildman–Crippen LogP) is 4.34. The molecule has 0 heterocycles. The molecule has 2 amide bonds. The third-order valence-electron chi connectivity index (χ3n) is 4.17. The largest absolute Gasteiger partial charge is 0.416 e. The van der Waals surface area contributed by atoms with E-state index in [-0.39, 0.29) is 12.5 Å². The average molecular weight is 444 g/mol. The quantitative estimate of drug-likeness (QED) is 0.624. The van der Waals surface area contributed by atoms with Gasteiger partial charge in [0.15, 0.2) is 0 Å². The van der Waals surface area contributed by atoms with Crippen LogP contribution in [0.2, 0.25) is 0 Å². The molecule has 4 nitrogen and oxygen atoms in total. The van der Waals surface area contributed by atoms with Gasteiger partial charge in [0.05, 0.1) is 17.5 Å². The average Bonchev–Trinajstić information content (AvgIpc) is 2.66. The second kappa shape index (κ2) is 9.67. The molecule has 0 saturated carbocycles. The number of carbonyl (C=O) groups is 2. The van der Waals surface area contributed by atoms with E-state index in [4.69, 9.17) is 5.73 Å². The summed E-state index contributed by atoms with van der Waals surface area (Å²) in [4.78, 5) is 23.8. The van der Waals surface area contributed by atoms with Crippen molar-refractivity contribution >= 4 is 17.9 Å². The van der Waals surface area contributed by atoms with E-state index in [0.29, 0.717) is 12.1 Å². The first-order chi connectivity index (χ1) is 14.4. The Morgan fingerprint density at radius 2 is 1.48 bits per heavy atom. The van der Waals surface area contributed by atoms with Crippen molar-refractivity contribution in [2.75, 3.05) is 0 Å². The van der Waals surface area contributed by atoms with Crippen LogP contribution in [0.25, 0.3) is 6.08 Å². The van der Waals surface area contributed by atoms with Crippen LogP contribution in [0.5, 0.6) is 0 Å².